The standard InChI is InChI=1S/C9H14N2O2/c1-4-12-8-6-7(3)9(11-10-8)13-5-2/h6H,4-5H2,1-3H3. The predicted molar refractivity (Wildman–Crippen MR) is 49.1 cm³/mol. The van der Waals surface area contributed by atoms with Crippen LogP contribution in [-0.4, -0.2) is 23.4 Å². The summed E-state index contributed by atoms with van der Waals surface area (Å²) in [7, 11) is 0. The fourth-order valence-corrected chi connectivity index (χ4v) is 0.947. The van der Waals surface area contributed by atoms with E-state index in [0.717, 1.165) is 5.56 Å². The Kier molecular flexibility index (Phi) is 3.49. The molecule has 0 aliphatic rings. The molecule has 0 bridgehead atoms. The molecule has 1 aromatic heterocycles. The number of ether oxygens (including phenoxy) is 2. The van der Waals surface area contributed by atoms with E-state index in [2.05, 4.69) is 10.2 Å². The van der Waals surface area contributed by atoms with Crippen molar-refractivity contribution in [2.24, 2.45) is 0 Å². The zero-order valence-electron chi connectivity index (χ0n) is 8.20. The monoisotopic (exact) mass is 182 g/mol. The van der Waals surface area contributed by atoms with Gasteiger partial charge in [0.15, 0.2) is 0 Å². The number of hydrogen-bond donors (Lipinski definition) is 0. The molecule has 0 radical (unpaired) electrons. The molecule has 1 rings (SSSR count). The van der Waals surface area contributed by atoms with Crippen molar-refractivity contribution in [2.75, 3.05) is 13.2 Å². The molecule has 0 saturated carbocycles. The zero-order chi connectivity index (χ0) is 9.68. The van der Waals surface area contributed by atoms with Crippen LogP contribution in [0.25, 0.3) is 0 Å². The highest BCUT2D eigenvalue weighted by molar-refractivity contribution is 5.27. The van der Waals surface area contributed by atoms with Gasteiger partial charge < -0.3 is 9.47 Å². The van der Waals surface area contributed by atoms with Crippen LogP contribution < -0.4 is 9.47 Å². The van der Waals surface area contributed by atoms with Gasteiger partial charge in [-0.2, -0.15) is 0 Å². The Morgan fingerprint density at radius 1 is 1.15 bits per heavy atom. The van der Waals surface area contributed by atoms with Crippen LogP contribution in [0.5, 0.6) is 11.8 Å². The number of hydrogen-bond acceptors (Lipinski definition) is 4. The van der Waals surface area contributed by atoms with Crippen LogP contribution in [0.3, 0.4) is 0 Å². The maximum Gasteiger partial charge on any atom is 0.236 e. The van der Waals surface area contributed by atoms with E-state index in [1.54, 1.807) is 0 Å². The van der Waals surface area contributed by atoms with Crippen molar-refractivity contribution >= 4 is 0 Å². The minimum absolute atomic E-state index is 0.545. The van der Waals surface area contributed by atoms with E-state index in [-0.39, 0.29) is 0 Å². The Bertz CT molecular complexity index is 276. The Hall–Kier alpha value is -1.32. The summed E-state index contributed by atoms with van der Waals surface area (Å²) in [6.45, 7) is 6.94. The largest absolute Gasteiger partial charge is 0.477 e. The summed E-state index contributed by atoms with van der Waals surface area (Å²) in [6.07, 6.45) is 0. The van der Waals surface area contributed by atoms with Gasteiger partial charge in [-0.05, 0) is 20.8 Å². The zero-order valence-corrected chi connectivity index (χ0v) is 8.20. The summed E-state index contributed by atoms with van der Waals surface area (Å²) in [5.41, 5.74) is 0.945. The van der Waals surface area contributed by atoms with Gasteiger partial charge in [0.25, 0.3) is 0 Å². The van der Waals surface area contributed by atoms with E-state index in [1.165, 1.54) is 0 Å². The molecule has 1 aromatic rings. The van der Waals surface area contributed by atoms with Crippen LogP contribution in [0.2, 0.25) is 0 Å². The quantitative estimate of drug-likeness (QED) is 0.709. The number of aryl methyl sites for hydroxylation is 1. The first kappa shape index (κ1) is 9.77. The van der Waals surface area contributed by atoms with Crippen molar-refractivity contribution in [3.05, 3.63) is 11.6 Å². The minimum Gasteiger partial charge on any atom is -0.477 e. The number of nitrogens with zero attached hydrogens (tertiary/aromatic N) is 2. The van der Waals surface area contributed by atoms with Crippen LogP contribution in [0.1, 0.15) is 19.4 Å². The first-order valence-corrected chi connectivity index (χ1v) is 4.37. The molecule has 0 spiro atoms. The van der Waals surface area contributed by atoms with Crippen LogP contribution >= 0.6 is 0 Å². The molecule has 0 unspecified atom stereocenters. The second kappa shape index (κ2) is 4.64. The van der Waals surface area contributed by atoms with Crippen molar-refractivity contribution in [3.8, 4) is 11.8 Å². The van der Waals surface area contributed by atoms with Gasteiger partial charge in [0, 0.05) is 11.6 Å². The van der Waals surface area contributed by atoms with E-state index in [1.807, 2.05) is 26.8 Å². The lowest BCUT2D eigenvalue weighted by atomic mass is 10.3. The molecule has 72 valence electrons. The molecule has 13 heavy (non-hydrogen) atoms. The normalized spacial score (nSPS) is 9.77. The molecule has 0 amide bonds. The predicted octanol–water partition coefficient (Wildman–Crippen LogP) is 1.58. The van der Waals surface area contributed by atoms with Crippen molar-refractivity contribution in [3.63, 3.8) is 0 Å². The van der Waals surface area contributed by atoms with E-state index < -0.39 is 0 Å². The summed E-state index contributed by atoms with van der Waals surface area (Å²) < 4.78 is 10.4. The Morgan fingerprint density at radius 3 is 2.38 bits per heavy atom. The van der Waals surface area contributed by atoms with Gasteiger partial charge in [-0.3, -0.25) is 0 Å². The molecule has 0 atom stereocenters. The smallest absolute Gasteiger partial charge is 0.236 e. The first-order chi connectivity index (χ1) is 6.27. The average molecular weight is 182 g/mol. The Morgan fingerprint density at radius 2 is 1.85 bits per heavy atom. The molecule has 0 N–H and O–H groups in total. The lowest BCUT2D eigenvalue weighted by Gasteiger charge is -2.06. The lowest BCUT2D eigenvalue weighted by molar-refractivity contribution is 0.300. The van der Waals surface area contributed by atoms with Crippen LogP contribution in [0.15, 0.2) is 6.07 Å². The van der Waals surface area contributed by atoms with Gasteiger partial charge in [-0.25, -0.2) is 0 Å². The third kappa shape index (κ3) is 2.57. The van der Waals surface area contributed by atoms with Gasteiger partial charge in [-0.15, -0.1) is 10.2 Å². The molecule has 0 saturated heterocycles. The summed E-state index contributed by atoms with van der Waals surface area (Å²) in [4.78, 5) is 0. The van der Waals surface area contributed by atoms with Gasteiger partial charge >= 0.3 is 0 Å². The number of rotatable bonds is 4. The SMILES string of the molecule is CCOc1cc(C)c(OCC)nn1. The van der Waals surface area contributed by atoms with E-state index in [4.69, 9.17) is 9.47 Å². The van der Waals surface area contributed by atoms with Gasteiger partial charge in [0.05, 0.1) is 13.2 Å². The minimum atomic E-state index is 0.545. The van der Waals surface area contributed by atoms with Crippen molar-refractivity contribution in [2.45, 2.75) is 20.8 Å². The highest BCUT2D eigenvalue weighted by atomic mass is 16.5. The third-order valence-corrected chi connectivity index (χ3v) is 1.49. The number of aromatic nitrogens is 2. The third-order valence-electron chi connectivity index (χ3n) is 1.49. The molecular weight excluding hydrogens is 168 g/mol. The summed E-state index contributed by atoms with van der Waals surface area (Å²) in [5, 5.41) is 7.74. The van der Waals surface area contributed by atoms with Crippen LogP contribution in [0, 0.1) is 6.92 Å². The molecule has 0 fully saturated rings. The second-order valence-corrected chi connectivity index (χ2v) is 2.54. The van der Waals surface area contributed by atoms with Gasteiger partial charge in [-0.1, -0.05) is 0 Å². The molecule has 0 aliphatic carbocycles. The molecular formula is C9H14N2O2. The van der Waals surface area contributed by atoms with Crippen molar-refractivity contribution < 1.29 is 9.47 Å². The highest BCUT2D eigenvalue weighted by Crippen LogP contribution is 2.16. The fraction of sp³-hybridized carbons (Fsp3) is 0.556. The molecule has 0 aromatic carbocycles. The average Bonchev–Trinajstić information content (AvgIpc) is 2.10. The lowest BCUT2D eigenvalue weighted by Crippen LogP contribution is -2.01. The second-order valence-electron chi connectivity index (χ2n) is 2.54. The first-order valence-electron chi connectivity index (χ1n) is 4.37. The highest BCUT2D eigenvalue weighted by Gasteiger charge is 2.03. The topological polar surface area (TPSA) is 44.2 Å². The van der Waals surface area contributed by atoms with E-state index >= 15 is 0 Å². The van der Waals surface area contributed by atoms with E-state index in [9.17, 15) is 0 Å². The van der Waals surface area contributed by atoms with Crippen LogP contribution in [0.4, 0.5) is 0 Å². The molecule has 4 heteroatoms. The van der Waals surface area contributed by atoms with Gasteiger partial charge in [0.2, 0.25) is 11.8 Å². The van der Waals surface area contributed by atoms with Crippen molar-refractivity contribution in [1.29, 1.82) is 0 Å². The molecule has 4 nitrogen and oxygen atoms in total. The molecule has 1 heterocycles. The Labute approximate surface area is 77.9 Å². The van der Waals surface area contributed by atoms with Crippen molar-refractivity contribution in [1.82, 2.24) is 10.2 Å². The maximum absolute atomic E-state index is 5.24. The summed E-state index contributed by atoms with van der Waals surface area (Å²) in [5.74, 6) is 1.12. The van der Waals surface area contributed by atoms with Crippen LogP contribution in [-0.2, 0) is 0 Å². The summed E-state index contributed by atoms with van der Waals surface area (Å²) in [6, 6.07) is 1.82. The Balaban J connectivity index is 2.79. The molecule has 0 aliphatic heterocycles. The van der Waals surface area contributed by atoms with E-state index in [0.29, 0.717) is 25.0 Å². The maximum atomic E-state index is 5.24. The summed E-state index contributed by atoms with van der Waals surface area (Å²) >= 11 is 0. The van der Waals surface area contributed by atoms with Gasteiger partial charge in [0.1, 0.15) is 0 Å². The fourth-order valence-electron chi connectivity index (χ4n) is 0.947.